The van der Waals surface area contributed by atoms with Crippen molar-refractivity contribution in [1.82, 2.24) is 15.5 Å². The summed E-state index contributed by atoms with van der Waals surface area (Å²) in [5.74, 6) is 0. The highest BCUT2D eigenvalue weighted by atomic mass is 15.0. The highest BCUT2D eigenvalue weighted by molar-refractivity contribution is 5.27. The third kappa shape index (κ3) is 4.09. The number of hydrogen-bond acceptors (Lipinski definition) is 3. The SMILES string of the molecule is CN(C)Cc1ccccc1CNC1CCNCC1. The number of nitrogens with one attached hydrogen (secondary N) is 2. The Kier molecular flexibility index (Phi) is 5.17. The van der Waals surface area contributed by atoms with Crippen LogP contribution in [0.4, 0.5) is 0 Å². The van der Waals surface area contributed by atoms with Gasteiger partial charge in [0.15, 0.2) is 0 Å². The number of hydrogen-bond donors (Lipinski definition) is 2. The molecule has 0 bridgehead atoms. The smallest absolute Gasteiger partial charge is 0.0230 e. The quantitative estimate of drug-likeness (QED) is 0.827. The van der Waals surface area contributed by atoms with Crippen molar-refractivity contribution in [2.24, 2.45) is 0 Å². The number of piperidine rings is 1. The van der Waals surface area contributed by atoms with Gasteiger partial charge in [0.05, 0.1) is 0 Å². The minimum absolute atomic E-state index is 0.679. The van der Waals surface area contributed by atoms with E-state index in [0.717, 1.165) is 26.2 Å². The summed E-state index contributed by atoms with van der Waals surface area (Å²) in [7, 11) is 4.24. The van der Waals surface area contributed by atoms with Crippen molar-refractivity contribution < 1.29 is 0 Å². The van der Waals surface area contributed by atoms with Crippen LogP contribution in [0.3, 0.4) is 0 Å². The summed E-state index contributed by atoms with van der Waals surface area (Å²) < 4.78 is 0. The van der Waals surface area contributed by atoms with Gasteiger partial charge in [-0.1, -0.05) is 24.3 Å². The van der Waals surface area contributed by atoms with E-state index >= 15 is 0 Å². The Bertz CT molecular complexity index is 357. The minimum atomic E-state index is 0.679. The molecule has 0 amide bonds. The van der Waals surface area contributed by atoms with Crippen LogP contribution in [0.15, 0.2) is 24.3 Å². The zero-order chi connectivity index (χ0) is 12.8. The molecule has 2 rings (SSSR count). The van der Waals surface area contributed by atoms with Crippen LogP contribution < -0.4 is 10.6 Å². The molecule has 0 atom stereocenters. The minimum Gasteiger partial charge on any atom is -0.317 e. The highest BCUT2D eigenvalue weighted by Gasteiger charge is 2.12. The molecule has 1 aromatic carbocycles. The summed E-state index contributed by atoms with van der Waals surface area (Å²) in [5, 5.41) is 7.10. The maximum absolute atomic E-state index is 3.69. The van der Waals surface area contributed by atoms with Gasteiger partial charge in [0.25, 0.3) is 0 Å². The first-order chi connectivity index (χ1) is 8.75. The van der Waals surface area contributed by atoms with Crippen molar-refractivity contribution >= 4 is 0 Å². The van der Waals surface area contributed by atoms with E-state index in [1.54, 1.807) is 0 Å². The molecule has 18 heavy (non-hydrogen) atoms. The molecule has 3 nitrogen and oxygen atoms in total. The van der Waals surface area contributed by atoms with Gasteiger partial charge in [-0.2, -0.15) is 0 Å². The molecule has 2 N–H and O–H groups in total. The van der Waals surface area contributed by atoms with E-state index < -0.39 is 0 Å². The molecule has 1 fully saturated rings. The fourth-order valence-electron chi connectivity index (χ4n) is 2.51. The van der Waals surface area contributed by atoms with Crippen LogP contribution in [0.1, 0.15) is 24.0 Å². The van der Waals surface area contributed by atoms with Crippen LogP contribution in [0.25, 0.3) is 0 Å². The van der Waals surface area contributed by atoms with E-state index in [-0.39, 0.29) is 0 Å². The van der Waals surface area contributed by atoms with Gasteiger partial charge < -0.3 is 15.5 Å². The second-order valence-corrected chi connectivity index (χ2v) is 5.41. The molecule has 1 aromatic rings. The molecular weight excluding hydrogens is 222 g/mol. The highest BCUT2D eigenvalue weighted by Crippen LogP contribution is 2.11. The third-order valence-electron chi connectivity index (χ3n) is 3.53. The third-order valence-corrected chi connectivity index (χ3v) is 3.53. The standard InChI is InChI=1S/C15H25N3/c1-18(2)12-14-6-4-3-5-13(14)11-17-15-7-9-16-10-8-15/h3-6,15-17H,7-12H2,1-2H3. The van der Waals surface area contributed by atoms with Crippen molar-refractivity contribution in [1.29, 1.82) is 0 Å². The largest absolute Gasteiger partial charge is 0.317 e. The van der Waals surface area contributed by atoms with Crippen LogP contribution in [0.2, 0.25) is 0 Å². The van der Waals surface area contributed by atoms with E-state index in [4.69, 9.17) is 0 Å². The van der Waals surface area contributed by atoms with Gasteiger partial charge in [-0.25, -0.2) is 0 Å². The summed E-state index contributed by atoms with van der Waals surface area (Å²) >= 11 is 0. The molecule has 1 heterocycles. The first-order valence-corrected chi connectivity index (χ1v) is 6.91. The molecule has 3 heteroatoms. The topological polar surface area (TPSA) is 27.3 Å². The molecule has 0 saturated carbocycles. The predicted octanol–water partition coefficient (Wildman–Crippen LogP) is 1.59. The molecule has 0 spiro atoms. The molecule has 0 unspecified atom stereocenters. The molecule has 1 saturated heterocycles. The van der Waals surface area contributed by atoms with Crippen LogP contribution >= 0.6 is 0 Å². The number of nitrogens with zero attached hydrogens (tertiary/aromatic N) is 1. The van der Waals surface area contributed by atoms with Gasteiger partial charge >= 0.3 is 0 Å². The molecule has 0 radical (unpaired) electrons. The Balaban J connectivity index is 1.91. The van der Waals surface area contributed by atoms with E-state index in [1.807, 2.05) is 0 Å². The maximum atomic E-state index is 3.69. The summed E-state index contributed by atoms with van der Waals surface area (Å²) in [4.78, 5) is 2.23. The summed E-state index contributed by atoms with van der Waals surface area (Å²) in [6.45, 7) is 4.31. The van der Waals surface area contributed by atoms with Crippen LogP contribution in [0.5, 0.6) is 0 Å². The molecule has 0 aromatic heterocycles. The van der Waals surface area contributed by atoms with Crippen molar-refractivity contribution in [3.8, 4) is 0 Å². The lowest BCUT2D eigenvalue weighted by atomic mass is 10.0. The second kappa shape index (κ2) is 6.88. The second-order valence-electron chi connectivity index (χ2n) is 5.41. The summed E-state index contributed by atoms with van der Waals surface area (Å²) in [6.07, 6.45) is 2.49. The van der Waals surface area contributed by atoms with Gasteiger partial charge in [-0.3, -0.25) is 0 Å². The molecular formula is C15H25N3. The number of rotatable bonds is 5. The van der Waals surface area contributed by atoms with Gasteiger partial charge in [0.2, 0.25) is 0 Å². The zero-order valence-electron chi connectivity index (χ0n) is 11.6. The fourth-order valence-corrected chi connectivity index (χ4v) is 2.51. The first-order valence-electron chi connectivity index (χ1n) is 6.91. The summed E-state index contributed by atoms with van der Waals surface area (Å²) in [5.41, 5.74) is 2.87. The van der Waals surface area contributed by atoms with Crippen LogP contribution in [0, 0.1) is 0 Å². The lowest BCUT2D eigenvalue weighted by molar-refractivity contribution is 0.380. The Hall–Kier alpha value is -0.900. The van der Waals surface area contributed by atoms with E-state index in [9.17, 15) is 0 Å². The number of benzene rings is 1. The lowest BCUT2D eigenvalue weighted by Gasteiger charge is -2.24. The van der Waals surface area contributed by atoms with Crippen molar-refractivity contribution in [3.63, 3.8) is 0 Å². The van der Waals surface area contributed by atoms with Crippen LogP contribution in [-0.4, -0.2) is 38.1 Å². The van der Waals surface area contributed by atoms with Crippen molar-refractivity contribution in [2.45, 2.75) is 32.0 Å². The monoisotopic (exact) mass is 247 g/mol. The molecule has 100 valence electrons. The van der Waals surface area contributed by atoms with E-state index in [1.165, 1.54) is 24.0 Å². The zero-order valence-corrected chi connectivity index (χ0v) is 11.6. The molecule has 0 aliphatic carbocycles. The van der Waals surface area contributed by atoms with Gasteiger partial charge in [0.1, 0.15) is 0 Å². The summed E-state index contributed by atoms with van der Waals surface area (Å²) in [6, 6.07) is 9.43. The lowest BCUT2D eigenvalue weighted by Crippen LogP contribution is -2.39. The molecule has 1 aliphatic heterocycles. The van der Waals surface area contributed by atoms with Crippen LogP contribution in [-0.2, 0) is 13.1 Å². The first kappa shape index (κ1) is 13.5. The van der Waals surface area contributed by atoms with E-state index in [2.05, 4.69) is 53.9 Å². The Labute approximate surface area is 111 Å². The average Bonchev–Trinajstić information content (AvgIpc) is 2.38. The Morgan fingerprint density at radius 2 is 1.83 bits per heavy atom. The van der Waals surface area contributed by atoms with Gasteiger partial charge in [0, 0.05) is 19.1 Å². The maximum Gasteiger partial charge on any atom is 0.0230 e. The molecule has 1 aliphatic rings. The van der Waals surface area contributed by atoms with Crippen molar-refractivity contribution in [2.75, 3.05) is 27.2 Å². The van der Waals surface area contributed by atoms with E-state index in [0.29, 0.717) is 6.04 Å². The fraction of sp³-hybridized carbons (Fsp3) is 0.600. The Morgan fingerprint density at radius 1 is 1.17 bits per heavy atom. The Morgan fingerprint density at radius 3 is 2.50 bits per heavy atom. The predicted molar refractivity (Wildman–Crippen MR) is 76.6 cm³/mol. The normalized spacial score (nSPS) is 17.3. The van der Waals surface area contributed by atoms with Crippen molar-refractivity contribution in [3.05, 3.63) is 35.4 Å². The van der Waals surface area contributed by atoms with Gasteiger partial charge in [-0.05, 0) is 51.2 Å². The average molecular weight is 247 g/mol. The van der Waals surface area contributed by atoms with Gasteiger partial charge in [-0.15, -0.1) is 0 Å².